The zero-order valence-corrected chi connectivity index (χ0v) is 12.7. The standard InChI is InChI=1S/C13H21NO8/c1-12(2,11(18)19)8-13(14(20)21,6-4-9(15)16)7-5-10(17)22-3/h4-8H2,1-3H3,(H,15,16)(H,18,19)/p-2. The number of carbonyl (C=O) groups excluding carboxylic acids is 3. The van der Waals surface area contributed by atoms with Crippen LogP contribution in [0.3, 0.4) is 0 Å². The van der Waals surface area contributed by atoms with Crippen LogP contribution in [0.25, 0.3) is 0 Å². The normalized spacial score (nSPS) is 14.0. The van der Waals surface area contributed by atoms with E-state index >= 15 is 0 Å². The molecule has 1 unspecified atom stereocenters. The first kappa shape index (κ1) is 19.8. The van der Waals surface area contributed by atoms with Crippen molar-refractivity contribution in [3.63, 3.8) is 0 Å². The minimum atomic E-state index is -1.89. The van der Waals surface area contributed by atoms with Crippen molar-refractivity contribution in [1.82, 2.24) is 0 Å². The van der Waals surface area contributed by atoms with Gasteiger partial charge in [-0.2, -0.15) is 0 Å². The predicted molar refractivity (Wildman–Crippen MR) is 68.6 cm³/mol. The van der Waals surface area contributed by atoms with Gasteiger partial charge in [-0.15, -0.1) is 0 Å². The molecule has 0 aromatic rings. The Kier molecular flexibility index (Phi) is 6.95. The van der Waals surface area contributed by atoms with Crippen LogP contribution < -0.4 is 10.2 Å². The van der Waals surface area contributed by atoms with Crippen LogP contribution in [0.15, 0.2) is 0 Å². The summed E-state index contributed by atoms with van der Waals surface area (Å²) >= 11 is 0. The van der Waals surface area contributed by atoms with Gasteiger partial charge in [-0.25, -0.2) is 0 Å². The van der Waals surface area contributed by atoms with Gasteiger partial charge in [0.05, 0.1) is 13.5 Å². The topological polar surface area (TPSA) is 150 Å². The average Bonchev–Trinajstić information content (AvgIpc) is 2.40. The molecule has 0 aliphatic carbocycles. The molecule has 0 bridgehead atoms. The Morgan fingerprint density at radius 2 is 1.59 bits per heavy atom. The molecule has 0 aliphatic heterocycles. The van der Waals surface area contributed by atoms with E-state index in [4.69, 9.17) is 0 Å². The fraction of sp³-hybridized carbons (Fsp3) is 0.769. The molecule has 0 radical (unpaired) electrons. The quantitative estimate of drug-likeness (QED) is 0.272. The Bertz CT molecular complexity index is 459. The molecular formula is C13H19NO8-2. The van der Waals surface area contributed by atoms with Crippen LogP contribution >= 0.6 is 0 Å². The minimum absolute atomic E-state index is 0.326. The summed E-state index contributed by atoms with van der Waals surface area (Å²) in [6, 6.07) is 0. The van der Waals surface area contributed by atoms with Crippen molar-refractivity contribution in [3.8, 4) is 0 Å². The van der Waals surface area contributed by atoms with Crippen molar-refractivity contribution in [2.24, 2.45) is 5.41 Å². The summed E-state index contributed by atoms with van der Waals surface area (Å²) in [7, 11) is 1.11. The number of carboxylic acid groups (broad SMARTS) is 2. The summed E-state index contributed by atoms with van der Waals surface area (Å²) in [5.41, 5.74) is -3.45. The number of carboxylic acids is 2. The smallest absolute Gasteiger partial charge is 0.305 e. The zero-order valence-electron chi connectivity index (χ0n) is 12.7. The van der Waals surface area contributed by atoms with E-state index in [0.29, 0.717) is 0 Å². The monoisotopic (exact) mass is 317 g/mol. The highest BCUT2D eigenvalue weighted by atomic mass is 16.6. The number of esters is 1. The first-order chi connectivity index (χ1) is 9.96. The fourth-order valence-electron chi connectivity index (χ4n) is 2.22. The number of carbonyl (C=O) groups is 3. The van der Waals surface area contributed by atoms with Crippen LogP contribution in [0.2, 0.25) is 0 Å². The van der Waals surface area contributed by atoms with Crippen LogP contribution in [0, 0.1) is 15.5 Å². The maximum atomic E-state index is 11.5. The second-order valence-electron chi connectivity index (χ2n) is 5.78. The van der Waals surface area contributed by atoms with Gasteiger partial charge in [0.1, 0.15) is 0 Å². The maximum absolute atomic E-state index is 11.5. The third-order valence-electron chi connectivity index (χ3n) is 3.53. The minimum Gasteiger partial charge on any atom is -0.550 e. The number of nitro groups is 1. The van der Waals surface area contributed by atoms with E-state index in [0.717, 1.165) is 7.11 Å². The van der Waals surface area contributed by atoms with E-state index in [-0.39, 0.29) is 12.8 Å². The van der Waals surface area contributed by atoms with Crippen molar-refractivity contribution in [2.45, 2.75) is 51.5 Å². The van der Waals surface area contributed by atoms with Gasteiger partial charge < -0.3 is 24.5 Å². The number of aliphatic carboxylic acids is 2. The van der Waals surface area contributed by atoms with E-state index < -0.39 is 53.0 Å². The van der Waals surface area contributed by atoms with Gasteiger partial charge >= 0.3 is 5.97 Å². The van der Waals surface area contributed by atoms with Gasteiger partial charge in [-0.1, -0.05) is 13.8 Å². The molecule has 22 heavy (non-hydrogen) atoms. The van der Waals surface area contributed by atoms with E-state index in [1.165, 1.54) is 13.8 Å². The molecule has 9 heteroatoms. The lowest BCUT2D eigenvalue weighted by Gasteiger charge is -2.34. The fourth-order valence-corrected chi connectivity index (χ4v) is 2.22. The van der Waals surface area contributed by atoms with Gasteiger partial charge in [0.25, 0.3) is 0 Å². The molecule has 0 spiro atoms. The maximum Gasteiger partial charge on any atom is 0.305 e. The molecule has 0 N–H and O–H groups in total. The van der Waals surface area contributed by atoms with E-state index in [2.05, 4.69) is 4.74 Å². The van der Waals surface area contributed by atoms with E-state index in [1.807, 2.05) is 0 Å². The Morgan fingerprint density at radius 1 is 1.09 bits per heavy atom. The average molecular weight is 317 g/mol. The highest BCUT2D eigenvalue weighted by Crippen LogP contribution is 2.36. The van der Waals surface area contributed by atoms with Crippen LogP contribution in [0.5, 0.6) is 0 Å². The number of hydrogen-bond acceptors (Lipinski definition) is 8. The molecular weight excluding hydrogens is 298 g/mol. The van der Waals surface area contributed by atoms with Gasteiger partial charge in [0.15, 0.2) is 0 Å². The summed E-state index contributed by atoms with van der Waals surface area (Å²) in [6.45, 7) is 2.50. The lowest BCUT2D eigenvalue weighted by molar-refractivity contribution is -0.576. The zero-order chi connectivity index (χ0) is 17.6. The Labute approximate surface area is 127 Å². The van der Waals surface area contributed by atoms with Gasteiger partial charge in [-0.05, 0) is 6.42 Å². The van der Waals surface area contributed by atoms with Crippen molar-refractivity contribution in [3.05, 3.63) is 10.1 Å². The molecule has 0 aromatic carbocycles. The van der Waals surface area contributed by atoms with Crippen molar-refractivity contribution in [2.75, 3.05) is 7.11 Å². The SMILES string of the molecule is COC(=O)CCC(CCC(=O)[O-])(CC(C)(C)C(=O)[O-])[N+](=O)[O-]. The van der Waals surface area contributed by atoms with Crippen LogP contribution in [-0.2, 0) is 19.1 Å². The Morgan fingerprint density at radius 3 is 1.95 bits per heavy atom. The van der Waals surface area contributed by atoms with Crippen LogP contribution in [0.1, 0.15) is 46.0 Å². The third kappa shape index (κ3) is 5.66. The van der Waals surface area contributed by atoms with Crippen LogP contribution in [0.4, 0.5) is 0 Å². The van der Waals surface area contributed by atoms with E-state index in [1.54, 1.807) is 0 Å². The first-order valence-corrected chi connectivity index (χ1v) is 6.59. The summed E-state index contributed by atoms with van der Waals surface area (Å²) in [6.07, 6.45) is -2.20. The second kappa shape index (κ2) is 7.71. The van der Waals surface area contributed by atoms with E-state index in [9.17, 15) is 34.7 Å². The Balaban J connectivity index is 5.45. The highest BCUT2D eigenvalue weighted by molar-refractivity contribution is 5.72. The molecule has 0 heterocycles. The number of ether oxygens (including phenoxy) is 1. The predicted octanol–water partition coefficient (Wildman–Crippen LogP) is -1.35. The van der Waals surface area contributed by atoms with Gasteiger partial charge in [-0.3, -0.25) is 14.9 Å². The summed E-state index contributed by atoms with van der Waals surface area (Å²) in [4.78, 5) is 43.7. The summed E-state index contributed by atoms with van der Waals surface area (Å²) in [5, 5.41) is 33.2. The first-order valence-electron chi connectivity index (χ1n) is 6.59. The molecule has 0 saturated heterocycles. The molecule has 0 rings (SSSR count). The molecule has 1 atom stereocenters. The molecule has 9 nitrogen and oxygen atoms in total. The number of methoxy groups -OCH3 is 1. The van der Waals surface area contributed by atoms with Crippen molar-refractivity contribution in [1.29, 1.82) is 0 Å². The largest absolute Gasteiger partial charge is 0.550 e. The third-order valence-corrected chi connectivity index (χ3v) is 3.53. The number of nitrogens with zero attached hydrogens (tertiary/aromatic N) is 1. The summed E-state index contributed by atoms with van der Waals surface area (Å²) in [5.74, 6) is -3.69. The molecule has 0 aliphatic rings. The Hall–Kier alpha value is -2.19. The number of hydrogen-bond donors (Lipinski definition) is 0. The van der Waals surface area contributed by atoms with Crippen LogP contribution in [-0.4, -0.2) is 35.5 Å². The molecule has 126 valence electrons. The van der Waals surface area contributed by atoms with Gasteiger partial charge in [0, 0.05) is 41.5 Å². The summed E-state index contributed by atoms with van der Waals surface area (Å²) < 4.78 is 4.41. The highest BCUT2D eigenvalue weighted by Gasteiger charge is 2.47. The molecule has 0 aromatic heterocycles. The van der Waals surface area contributed by atoms with Gasteiger partial charge in [0.2, 0.25) is 5.54 Å². The molecule has 0 amide bonds. The lowest BCUT2D eigenvalue weighted by Crippen LogP contribution is -2.49. The number of rotatable bonds is 10. The molecule has 0 fully saturated rings. The lowest BCUT2D eigenvalue weighted by atomic mass is 9.74. The molecule has 0 saturated carbocycles. The van der Waals surface area contributed by atoms with Crippen molar-refractivity contribution < 1.29 is 34.3 Å². The second-order valence-corrected chi connectivity index (χ2v) is 5.78. The van der Waals surface area contributed by atoms with Crippen molar-refractivity contribution >= 4 is 17.9 Å².